The molecule has 0 bridgehead atoms. The summed E-state index contributed by atoms with van der Waals surface area (Å²) in [6, 6.07) is -1.15. The van der Waals surface area contributed by atoms with Crippen molar-refractivity contribution < 1.29 is 14.7 Å². The molecule has 4 amide bonds. The van der Waals surface area contributed by atoms with Crippen LogP contribution in [0.4, 0.5) is 21.4 Å². The molecule has 0 saturated heterocycles. The standard InChI is InChI=1S/C6H10N8O3/c7-4(16)13(9)2-1-3(15)12-6(11-2)14(10)5(8)17/h1H,9-10H2,(H2,7,16)(H2,8,17)(H,11,12,15). The van der Waals surface area contributed by atoms with Crippen molar-refractivity contribution in [2.45, 2.75) is 0 Å². The van der Waals surface area contributed by atoms with Crippen LogP contribution in [0.15, 0.2) is 6.07 Å². The van der Waals surface area contributed by atoms with Crippen molar-refractivity contribution in [1.29, 1.82) is 0 Å². The van der Waals surface area contributed by atoms with Crippen LogP contribution in [-0.4, -0.2) is 27.1 Å². The van der Waals surface area contributed by atoms with Crippen molar-refractivity contribution >= 4 is 23.8 Å². The SMILES string of the molecule is NC(=O)N(N)c1cc(O)nc(N(N)C(N)=O)n1. The highest BCUT2D eigenvalue weighted by atomic mass is 16.3. The first-order chi connectivity index (χ1) is 7.82. The largest absolute Gasteiger partial charge is 0.493 e. The van der Waals surface area contributed by atoms with Crippen LogP contribution in [0.5, 0.6) is 5.88 Å². The van der Waals surface area contributed by atoms with Crippen molar-refractivity contribution in [3.05, 3.63) is 6.07 Å². The average molecular weight is 242 g/mol. The van der Waals surface area contributed by atoms with E-state index in [9.17, 15) is 14.7 Å². The van der Waals surface area contributed by atoms with Gasteiger partial charge >= 0.3 is 12.1 Å². The highest BCUT2D eigenvalue weighted by Gasteiger charge is 2.17. The van der Waals surface area contributed by atoms with Crippen molar-refractivity contribution in [2.75, 3.05) is 10.0 Å². The molecule has 0 aliphatic heterocycles. The van der Waals surface area contributed by atoms with Gasteiger partial charge in [-0.3, -0.25) is 0 Å². The van der Waals surface area contributed by atoms with E-state index in [0.717, 1.165) is 6.07 Å². The molecule has 0 aliphatic rings. The second kappa shape index (κ2) is 4.46. The molecule has 17 heavy (non-hydrogen) atoms. The van der Waals surface area contributed by atoms with E-state index in [1.54, 1.807) is 0 Å². The van der Waals surface area contributed by atoms with Gasteiger partial charge in [-0.15, -0.1) is 0 Å². The smallest absolute Gasteiger partial charge is 0.336 e. The molecule has 0 aromatic carbocycles. The minimum atomic E-state index is -1.07. The van der Waals surface area contributed by atoms with Gasteiger partial charge in [0.1, 0.15) is 0 Å². The second-order valence-corrected chi connectivity index (χ2v) is 2.80. The monoisotopic (exact) mass is 242 g/mol. The maximum atomic E-state index is 10.8. The second-order valence-electron chi connectivity index (χ2n) is 2.80. The van der Waals surface area contributed by atoms with Gasteiger partial charge in [-0.05, 0) is 0 Å². The average Bonchev–Trinajstić information content (AvgIpc) is 2.25. The number of anilines is 2. The number of hydrazine groups is 2. The third kappa shape index (κ3) is 2.67. The van der Waals surface area contributed by atoms with E-state index in [2.05, 4.69) is 9.97 Å². The van der Waals surface area contributed by atoms with Crippen LogP contribution in [0.2, 0.25) is 0 Å². The minimum absolute atomic E-state index is 0.253. The Balaban J connectivity index is 3.19. The van der Waals surface area contributed by atoms with Crippen LogP contribution < -0.4 is 33.2 Å². The zero-order valence-corrected chi connectivity index (χ0v) is 8.44. The van der Waals surface area contributed by atoms with Gasteiger partial charge in [0.25, 0.3) is 5.95 Å². The van der Waals surface area contributed by atoms with Gasteiger partial charge in [0, 0.05) is 6.07 Å². The molecule has 0 aliphatic carbocycles. The fourth-order valence-electron chi connectivity index (χ4n) is 0.853. The zero-order valence-electron chi connectivity index (χ0n) is 8.44. The van der Waals surface area contributed by atoms with Gasteiger partial charge in [0.15, 0.2) is 5.82 Å². The van der Waals surface area contributed by atoms with Crippen molar-refractivity contribution in [3.8, 4) is 5.88 Å². The number of nitrogens with two attached hydrogens (primary N) is 4. The van der Waals surface area contributed by atoms with E-state index in [4.69, 9.17) is 23.2 Å². The summed E-state index contributed by atoms with van der Waals surface area (Å²) in [5.74, 6) is 9.17. The number of rotatable bonds is 2. The lowest BCUT2D eigenvalue weighted by Crippen LogP contribution is -2.44. The molecule has 11 heteroatoms. The van der Waals surface area contributed by atoms with E-state index in [1.165, 1.54) is 0 Å². The lowest BCUT2D eigenvalue weighted by molar-refractivity contribution is 0.253. The molecule has 0 unspecified atom stereocenters. The van der Waals surface area contributed by atoms with Crippen LogP contribution in [0, 0.1) is 0 Å². The Hall–Kier alpha value is -2.66. The summed E-state index contributed by atoms with van der Waals surface area (Å²) in [6.45, 7) is 0. The van der Waals surface area contributed by atoms with Crippen LogP contribution >= 0.6 is 0 Å². The summed E-state index contributed by atoms with van der Waals surface area (Å²) >= 11 is 0. The number of primary amides is 2. The van der Waals surface area contributed by atoms with Crippen LogP contribution in [0.1, 0.15) is 0 Å². The molecule has 1 aromatic heterocycles. The summed E-state index contributed by atoms with van der Waals surface area (Å²) in [5.41, 5.74) is 9.76. The van der Waals surface area contributed by atoms with Gasteiger partial charge in [0.05, 0.1) is 0 Å². The summed E-state index contributed by atoms with van der Waals surface area (Å²) in [6.07, 6.45) is 0. The Morgan fingerprint density at radius 1 is 1.12 bits per heavy atom. The molecule has 0 spiro atoms. The van der Waals surface area contributed by atoms with E-state index >= 15 is 0 Å². The Morgan fingerprint density at radius 3 is 2.12 bits per heavy atom. The number of carbonyl (C=O) groups is 2. The van der Waals surface area contributed by atoms with Crippen LogP contribution in [0.25, 0.3) is 0 Å². The highest BCUT2D eigenvalue weighted by Crippen LogP contribution is 2.17. The summed E-state index contributed by atoms with van der Waals surface area (Å²) < 4.78 is 0. The van der Waals surface area contributed by atoms with Gasteiger partial charge in [0.2, 0.25) is 5.88 Å². The lowest BCUT2D eigenvalue weighted by atomic mass is 10.5. The Bertz CT molecular complexity index is 424. The van der Waals surface area contributed by atoms with Gasteiger partial charge < -0.3 is 16.6 Å². The van der Waals surface area contributed by atoms with Crippen molar-refractivity contribution in [1.82, 2.24) is 9.97 Å². The Kier molecular flexibility index (Phi) is 3.26. The molecule has 1 heterocycles. The first-order valence-corrected chi connectivity index (χ1v) is 4.09. The number of hydrogen-bond donors (Lipinski definition) is 5. The summed E-state index contributed by atoms with van der Waals surface area (Å²) in [7, 11) is 0. The van der Waals surface area contributed by atoms with Crippen LogP contribution in [-0.2, 0) is 0 Å². The van der Waals surface area contributed by atoms with Gasteiger partial charge in [-0.1, -0.05) is 0 Å². The molecule has 0 radical (unpaired) electrons. The number of carbonyl (C=O) groups excluding carboxylic acids is 2. The van der Waals surface area contributed by atoms with Crippen molar-refractivity contribution in [2.24, 2.45) is 23.2 Å². The van der Waals surface area contributed by atoms with Crippen LogP contribution in [0.3, 0.4) is 0 Å². The molecule has 0 saturated carbocycles. The van der Waals surface area contributed by atoms with Gasteiger partial charge in [-0.25, -0.2) is 26.3 Å². The van der Waals surface area contributed by atoms with E-state index in [-0.39, 0.29) is 5.82 Å². The molecule has 11 nitrogen and oxygen atoms in total. The Labute approximate surface area is 94.5 Å². The molecular weight excluding hydrogens is 232 g/mol. The number of aromatic nitrogens is 2. The van der Waals surface area contributed by atoms with Crippen molar-refractivity contribution in [3.63, 3.8) is 0 Å². The molecule has 1 rings (SSSR count). The number of aromatic hydroxyl groups is 1. The number of hydrogen-bond acceptors (Lipinski definition) is 7. The predicted octanol–water partition coefficient (Wildman–Crippen LogP) is -2.30. The number of urea groups is 2. The lowest BCUT2D eigenvalue weighted by Gasteiger charge is -2.16. The fraction of sp³-hybridized carbons (Fsp3) is 0. The summed E-state index contributed by atoms with van der Waals surface area (Å²) in [5, 5.41) is 10.0. The minimum Gasteiger partial charge on any atom is -0.493 e. The topological polar surface area (TPSA) is 191 Å². The Morgan fingerprint density at radius 2 is 1.65 bits per heavy atom. The number of amides is 4. The number of nitrogens with zero attached hydrogens (tertiary/aromatic N) is 4. The molecule has 92 valence electrons. The third-order valence-corrected chi connectivity index (χ3v) is 1.62. The van der Waals surface area contributed by atoms with E-state index in [1.807, 2.05) is 0 Å². The first-order valence-electron chi connectivity index (χ1n) is 4.09. The molecular formula is C6H10N8O3. The highest BCUT2D eigenvalue weighted by molar-refractivity contribution is 5.90. The molecule has 1 aromatic rings. The molecule has 0 fully saturated rings. The molecule has 0 atom stereocenters. The van der Waals surface area contributed by atoms with Gasteiger partial charge in [-0.2, -0.15) is 15.0 Å². The normalized spacial score (nSPS) is 9.76. The first kappa shape index (κ1) is 12.4. The van der Waals surface area contributed by atoms with E-state index in [0.29, 0.717) is 10.0 Å². The maximum Gasteiger partial charge on any atom is 0.336 e. The predicted molar refractivity (Wildman–Crippen MR) is 56.2 cm³/mol. The quantitative estimate of drug-likeness (QED) is 0.218. The summed E-state index contributed by atoms with van der Waals surface area (Å²) in [4.78, 5) is 28.5. The zero-order chi connectivity index (χ0) is 13.2. The maximum absolute atomic E-state index is 10.8. The fourth-order valence-corrected chi connectivity index (χ4v) is 0.853. The third-order valence-electron chi connectivity index (χ3n) is 1.62. The molecule has 9 N–H and O–H groups in total. The van der Waals surface area contributed by atoms with E-state index < -0.39 is 23.9 Å².